The van der Waals surface area contributed by atoms with Crippen LogP contribution in [0.2, 0.25) is 0 Å². The molecule has 0 N–H and O–H groups in total. The summed E-state index contributed by atoms with van der Waals surface area (Å²) in [5, 5.41) is 0. The van der Waals surface area contributed by atoms with Crippen molar-refractivity contribution in [1.29, 1.82) is 0 Å². The van der Waals surface area contributed by atoms with Gasteiger partial charge in [-0.25, -0.2) is 4.90 Å². The molecule has 1 aliphatic heterocycles. The van der Waals surface area contributed by atoms with Crippen molar-refractivity contribution in [3.8, 4) is 0 Å². The molecule has 2 amide bonds. The van der Waals surface area contributed by atoms with E-state index in [0.717, 1.165) is 12.0 Å². The quantitative estimate of drug-likeness (QED) is 0.384. The molecule has 0 aromatic heterocycles. The van der Waals surface area contributed by atoms with Crippen LogP contribution in [0.3, 0.4) is 0 Å². The zero-order valence-electron chi connectivity index (χ0n) is 18.6. The van der Waals surface area contributed by atoms with Gasteiger partial charge in [0.15, 0.2) is 0 Å². The number of hydrogen-bond acceptors (Lipinski definition) is 2. The van der Waals surface area contributed by atoms with E-state index in [4.69, 9.17) is 0 Å². The van der Waals surface area contributed by atoms with Crippen LogP contribution in [0.4, 0.5) is 5.69 Å². The van der Waals surface area contributed by atoms with Gasteiger partial charge in [0, 0.05) is 11.8 Å². The van der Waals surface area contributed by atoms with Gasteiger partial charge in [-0.1, -0.05) is 91.0 Å². The zero-order chi connectivity index (χ0) is 22.8. The highest BCUT2D eigenvalue weighted by molar-refractivity contribution is 6.23. The van der Waals surface area contributed by atoms with Gasteiger partial charge in [0.1, 0.15) is 0 Å². The van der Waals surface area contributed by atoms with Gasteiger partial charge >= 0.3 is 0 Å². The lowest BCUT2D eigenvalue weighted by Gasteiger charge is -2.45. The van der Waals surface area contributed by atoms with E-state index in [1.807, 2.05) is 66.7 Å². The second-order valence-electron chi connectivity index (χ2n) is 9.61. The van der Waals surface area contributed by atoms with E-state index in [2.05, 4.69) is 36.4 Å². The molecule has 2 bridgehead atoms. The minimum atomic E-state index is -0.341. The van der Waals surface area contributed by atoms with Crippen molar-refractivity contribution in [2.24, 2.45) is 11.8 Å². The van der Waals surface area contributed by atoms with E-state index in [0.29, 0.717) is 5.69 Å². The lowest BCUT2D eigenvalue weighted by molar-refractivity contribution is -0.122. The van der Waals surface area contributed by atoms with E-state index in [9.17, 15) is 9.59 Å². The minimum Gasteiger partial charge on any atom is -0.274 e. The highest BCUT2D eigenvalue weighted by Crippen LogP contribution is 2.61. The van der Waals surface area contributed by atoms with E-state index in [-0.39, 0.29) is 35.5 Å². The summed E-state index contributed by atoms with van der Waals surface area (Å²) in [4.78, 5) is 29.1. The van der Waals surface area contributed by atoms with Crippen LogP contribution in [0.1, 0.15) is 45.2 Å². The summed E-state index contributed by atoms with van der Waals surface area (Å²) >= 11 is 0. The molecule has 3 aliphatic carbocycles. The molecule has 1 fully saturated rings. The van der Waals surface area contributed by atoms with E-state index < -0.39 is 0 Å². The summed E-state index contributed by atoms with van der Waals surface area (Å²) in [5.41, 5.74) is 7.88. The Hall–Kier alpha value is -3.98. The minimum absolute atomic E-state index is 0.0650. The summed E-state index contributed by atoms with van der Waals surface area (Å²) < 4.78 is 0. The molecule has 4 aliphatic rings. The van der Waals surface area contributed by atoms with Gasteiger partial charge < -0.3 is 0 Å². The Labute approximate surface area is 198 Å². The van der Waals surface area contributed by atoms with Crippen molar-refractivity contribution in [3.05, 3.63) is 137 Å². The molecule has 1 heterocycles. The third kappa shape index (κ3) is 2.64. The Morgan fingerprint density at radius 3 is 1.38 bits per heavy atom. The van der Waals surface area contributed by atoms with Gasteiger partial charge in [-0.3, -0.25) is 9.59 Å². The predicted molar refractivity (Wildman–Crippen MR) is 132 cm³/mol. The van der Waals surface area contributed by atoms with Gasteiger partial charge in [0.05, 0.1) is 17.5 Å². The van der Waals surface area contributed by atoms with E-state index in [1.165, 1.54) is 32.7 Å². The predicted octanol–water partition coefficient (Wildman–Crippen LogP) is 5.67. The number of imide groups is 1. The number of anilines is 1. The first-order valence-electron chi connectivity index (χ1n) is 11.9. The highest BCUT2D eigenvalue weighted by Gasteiger charge is 2.61. The molecule has 0 saturated carbocycles. The van der Waals surface area contributed by atoms with Crippen molar-refractivity contribution in [3.63, 3.8) is 0 Å². The molecular weight excluding hydrogens is 418 g/mol. The summed E-state index contributed by atoms with van der Waals surface area (Å²) in [6, 6.07) is 34.9. The maximum atomic E-state index is 13.8. The first kappa shape index (κ1) is 19.5. The standard InChI is InChI=1S/C31H23NO2/c33-30-28-26-22-10-4-5-11-23(22)27(25-13-7-6-12-24(25)26)29(28)31(34)32(30)21-16-14-20(15-17-21)18-19-8-2-1-3-9-19/h1-17,26-29H,18H2. The van der Waals surface area contributed by atoms with E-state index >= 15 is 0 Å². The molecule has 0 radical (unpaired) electrons. The normalized spacial score (nSPS) is 24.1. The average molecular weight is 442 g/mol. The summed E-state index contributed by atoms with van der Waals surface area (Å²) in [5.74, 6) is -0.949. The molecule has 34 heavy (non-hydrogen) atoms. The van der Waals surface area contributed by atoms with Gasteiger partial charge in [0.2, 0.25) is 11.8 Å². The van der Waals surface area contributed by atoms with Crippen molar-refractivity contribution in [2.45, 2.75) is 18.3 Å². The summed E-state index contributed by atoms with van der Waals surface area (Å²) in [7, 11) is 0. The molecule has 1 saturated heterocycles. The number of carbonyl (C=O) groups is 2. The van der Waals surface area contributed by atoms with Crippen LogP contribution in [0.5, 0.6) is 0 Å². The first-order chi connectivity index (χ1) is 16.7. The smallest absolute Gasteiger partial charge is 0.238 e. The fourth-order valence-electron chi connectivity index (χ4n) is 6.53. The number of benzene rings is 4. The van der Waals surface area contributed by atoms with Gasteiger partial charge in [-0.05, 0) is 51.9 Å². The second kappa shape index (κ2) is 7.26. The second-order valence-corrected chi connectivity index (χ2v) is 9.61. The molecular formula is C31H23NO2. The van der Waals surface area contributed by atoms with Crippen LogP contribution >= 0.6 is 0 Å². The molecule has 4 aromatic rings. The van der Waals surface area contributed by atoms with Crippen LogP contribution in [-0.4, -0.2) is 11.8 Å². The van der Waals surface area contributed by atoms with E-state index in [1.54, 1.807) is 0 Å². The maximum absolute atomic E-state index is 13.8. The third-order valence-electron chi connectivity index (χ3n) is 7.89. The molecule has 8 rings (SSSR count). The number of rotatable bonds is 3. The Balaban J connectivity index is 1.27. The summed E-state index contributed by atoms with van der Waals surface area (Å²) in [6.07, 6.45) is 0.822. The van der Waals surface area contributed by atoms with Gasteiger partial charge in [0.25, 0.3) is 0 Å². The molecule has 3 heteroatoms. The molecule has 164 valence electrons. The number of amides is 2. The average Bonchev–Trinajstić information content (AvgIpc) is 3.16. The fraction of sp³-hybridized carbons (Fsp3) is 0.161. The molecule has 2 unspecified atom stereocenters. The largest absolute Gasteiger partial charge is 0.274 e. The SMILES string of the molecule is O=C1C2C3c4ccccc4C(c4ccccc43)C2C(=O)N1c1ccc(Cc2ccccc2)cc1. The molecule has 2 atom stereocenters. The maximum Gasteiger partial charge on any atom is 0.238 e. The number of hydrogen-bond donors (Lipinski definition) is 0. The Kier molecular flexibility index (Phi) is 4.16. The van der Waals surface area contributed by atoms with Gasteiger partial charge in [-0.15, -0.1) is 0 Å². The number of carbonyl (C=O) groups excluding carboxylic acids is 2. The monoisotopic (exact) mass is 441 g/mol. The number of nitrogens with zero attached hydrogens (tertiary/aromatic N) is 1. The third-order valence-corrected chi connectivity index (χ3v) is 7.89. The van der Waals surface area contributed by atoms with Crippen LogP contribution in [-0.2, 0) is 16.0 Å². The van der Waals surface area contributed by atoms with Crippen molar-refractivity contribution >= 4 is 17.5 Å². The molecule has 3 nitrogen and oxygen atoms in total. The topological polar surface area (TPSA) is 37.4 Å². The zero-order valence-corrected chi connectivity index (χ0v) is 18.6. The molecule has 4 aromatic carbocycles. The molecule has 0 spiro atoms. The van der Waals surface area contributed by atoms with Crippen LogP contribution in [0.15, 0.2) is 103 Å². The van der Waals surface area contributed by atoms with Crippen LogP contribution in [0.25, 0.3) is 0 Å². The first-order valence-corrected chi connectivity index (χ1v) is 11.9. The summed E-state index contributed by atoms with van der Waals surface area (Å²) in [6.45, 7) is 0. The lowest BCUT2D eigenvalue weighted by Crippen LogP contribution is -2.41. The Bertz CT molecular complexity index is 1320. The van der Waals surface area contributed by atoms with Crippen molar-refractivity contribution in [2.75, 3.05) is 4.90 Å². The van der Waals surface area contributed by atoms with Crippen molar-refractivity contribution in [1.82, 2.24) is 0 Å². The fourth-order valence-corrected chi connectivity index (χ4v) is 6.53. The van der Waals surface area contributed by atoms with Crippen LogP contribution < -0.4 is 4.90 Å². The van der Waals surface area contributed by atoms with Gasteiger partial charge in [-0.2, -0.15) is 0 Å². The highest BCUT2D eigenvalue weighted by atomic mass is 16.2. The Morgan fingerprint density at radius 2 is 0.912 bits per heavy atom. The van der Waals surface area contributed by atoms with Crippen molar-refractivity contribution < 1.29 is 9.59 Å². The lowest BCUT2D eigenvalue weighted by atomic mass is 9.55. The van der Waals surface area contributed by atoms with Crippen LogP contribution in [0, 0.1) is 11.8 Å². The Morgan fingerprint density at radius 1 is 0.500 bits per heavy atom.